The number of carbonyl (C=O) groups excluding carboxylic acids is 1. The molecule has 2 heterocycles. The predicted octanol–water partition coefficient (Wildman–Crippen LogP) is 5.33. The SMILES string of the molecule is Cc1ccc(NC(=O)C(CCO[Si](c2ccccc2)(c2ccccc2)C(C)(C)C)n2ncc(Cl)c(Cl)c2=O)cc1S(=O)(=O)N1CCCN(C)CC1. The minimum Gasteiger partial charge on any atom is -0.407 e. The van der Waals surface area contributed by atoms with Gasteiger partial charge in [-0.3, -0.25) is 9.59 Å². The van der Waals surface area contributed by atoms with Crippen molar-refractivity contribution < 1.29 is 17.6 Å². The number of rotatable bonds is 11. The van der Waals surface area contributed by atoms with E-state index in [-0.39, 0.29) is 38.7 Å². The molecule has 1 atom stereocenters. The van der Waals surface area contributed by atoms with Gasteiger partial charge in [-0.15, -0.1) is 0 Å². The fourth-order valence-electron chi connectivity index (χ4n) is 6.68. The van der Waals surface area contributed by atoms with Crippen molar-refractivity contribution in [1.29, 1.82) is 0 Å². The summed E-state index contributed by atoms with van der Waals surface area (Å²) in [6.07, 6.45) is 2.00. The summed E-state index contributed by atoms with van der Waals surface area (Å²) >= 11 is 12.4. The molecule has 4 aromatic rings. The molecule has 14 heteroatoms. The molecule has 0 aliphatic carbocycles. The molecule has 1 saturated heterocycles. The first-order valence-electron chi connectivity index (χ1n) is 16.9. The first-order valence-corrected chi connectivity index (χ1v) is 21.1. The molecule has 0 bridgehead atoms. The number of anilines is 1. The Morgan fingerprint density at radius 2 is 1.59 bits per heavy atom. The summed E-state index contributed by atoms with van der Waals surface area (Å²) < 4.78 is 37.2. The fourth-order valence-corrected chi connectivity index (χ4v) is 13.2. The van der Waals surface area contributed by atoms with Crippen LogP contribution in [0.15, 0.2) is 94.7 Å². The Hall–Kier alpha value is -3.36. The number of hydrogen-bond donors (Lipinski definition) is 1. The Balaban J connectivity index is 1.48. The monoisotopic (exact) mass is 769 g/mol. The number of sulfonamides is 1. The molecule has 10 nitrogen and oxygen atoms in total. The van der Waals surface area contributed by atoms with E-state index in [1.54, 1.807) is 19.1 Å². The van der Waals surface area contributed by atoms with E-state index in [0.717, 1.165) is 21.6 Å². The normalized spacial score (nSPS) is 15.7. The third-order valence-corrected chi connectivity index (χ3v) is 17.2. The molecule has 1 aliphatic heterocycles. The molecule has 0 radical (unpaired) electrons. The highest BCUT2D eigenvalue weighted by Gasteiger charge is 2.50. The molecule has 1 N–H and O–H groups in total. The molecular formula is C37H45Cl2N5O5SSi. The van der Waals surface area contributed by atoms with Gasteiger partial charge in [-0.1, -0.05) is 111 Å². The number of hydrogen-bond acceptors (Lipinski definition) is 7. The Morgan fingerprint density at radius 3 is 2.20 bits per heavy atom. The van der Waals surface area contributed by atoms with Crippen molar-refractivity contribution in [2.75, 3.05) is 45.2 Å². The van der Waals surface area contributed by atoms with E-state index in [1.807, 2.05) is 43.4 Å². The van der Waals surface area contributed by atoms with E-state index in [4.69, 9.17) is 27.6 Å². The van der Waals surface area contributed by atoms with Crippen molar-refractivity contribution in [3.05, 3.63) is 111 Å². The average Bonchev–Trinajstić information content (AvgIpc) is 3.33. The van der Waals surface area contributed by atoms with E-state index >= 15 is 0 Å². The van der Waals surface area contributed by atoms with E-state index in [1.165, 1.54) is 16.6 Å². The number of halogens is 2. The van der Waals surface area contributed by atoms with Gasteiger partial charge in [0.1, 0.15) is 11.1 Å². The first-order chi connectivity index (χ1) is 24.2. The molecule has 1 amide bonds. The summed E-state index contributed by atoms with van der Waals surface area (Å²) in [7, 11) is -4.85. The van der Waals surface area contributed by atoms with E-state index in [9.17, 15) is 18.0 Å². The number of carbonyl (C=O) groups is 1. The van der Waals surface area contributed by atoms with Crippen molar-refractivity contribution in [3.63, 3.8) is 0 Å². The second-order valence-corrected chi connectivity index (χ2v) is 20.9. The van der Waals surface area contributed by atoms with Gasteiger partial charge in [-0.25, -0.2) is 13.1 Å². The van der Waals surface area contributed by atoms with Crippen molar-refractivity contribution in [2.45, 2.75) is 56.5 Å². The quantitative estimate of drug-likeness (QED) is 0.205. The van der Waals surface area contributed by atoms with Crippen LogP contribution in [0.1, 0.15) is 45.2 Å². The van der Waals surface area contributed by atoms with Gasteiger partial charge < -0.3 is 14.6 Å². The molecule has 1 unspecified atom stereocenters. The number of likely N-dealkylation sites (N-methyl/N-ethyl adjacent to an activating group) is 1. The zero-order chi connectivity index (χ0) is 37.0. The molecule has 5 rings (SSSR count). The minimum atomic E-state index is -3.84. The molecule has 51 heavy (non-hydrogen) atoms. The Kier molecular flexibility index (Phi) is 12.3. The molecule has 3 aromatic carbocycles. The maximum absolute atomic E-state index is 14.2. The molecule has 1 fully saturated rings. The highest BCUT2D eigenvalue weighted by molar-refractivity contribution is 7.89. The van der Waals surface area contributed by atoms with Gasteiger partial charge in [0.15, 0.2) is 0 Å². The first kappa shape index (κ1) is 38.9. The van der Waals surface area contributed by atoms with Gasteiger partial charge in [0.05, 0.1) is 16.1 Å². The van der Waals surface area contributed by atoms with Crippen LogP contribution >= 0.6 is 23.2 Å². The topological polar surface area (TPSA) is 114 Å². The number of aromatic nitrogens is 2. The van der Waals surface area contributed by atoms with Gasteiger partial charge in [0.2, 0.25) is 15.9 Å². The van der Waals surface area contributed by atoms with Crippen LogP contribution in [0.25, 0.3) is 0 Å². The fraction of sp³-hybridized carbons (Fsp3) is 0.378. The lowest BCUT2D eigenvalue weighted by Crippen LogP contribution is -2.66. The number of aryl methyl sites for hydroxylation is 1. The second-order valence-electron chi connectivity index (χ2n) is 13.9. The number of nitrogens with zero attached hydrogens (tertiary/aromatic N) is 4. The van der Waals surface area contributed by atoms with Crippen LogP contribution in [0, 0.1) is 6.92 Å². The van der Waals surface area contributed by atoms with Crippen LogP contribution < -0.4 is 21.2 Å². The Bertz CT molecular complexity index is 1970. The van der Waals surface area contributed by atoms with Crippen LogP contribution in [-0.4, -0.2) is 81.5 Å². The van der Waals surface area contributed by atoms with Gasteiger partial charge in [0.25, 0.3) is 13.9 Å². The van der Waals surface area contributed by atoms with Crippen LogP contribution in [0.3, 0.4) is 0 Å². The van der Waals surface area contributed by atoms with E-state index in [2.05, 4.69) is 60.4 Å². The molecule has 272 valence electrons. The summed E-state index contributed by atoms with van der Waals surface area (Å²) in [4.78, 5) is 29.8. The van der Waals surface area contributed by atoms with Crippen LogP contribution in [0.5, 0.6) is 0 Å². The third-order valence-electron chi connectivity index (χ3n) is 9.38. The largest absolute Gasteiger partial charge is 0.407 e. The minimum absolute atomic E-state index is 0.0336. The van der Waals surface area contributed by atoms with Crippen molar-refractivity contribution in [3.8, 4) is 0 Å². The Labute approximate surface area is 311 Å². The maximum atomic E-state index is 14.2. The standard InChI is InChI=1S/C37H45Cl2N5O5SSi/c1-27-17-18-28(25-33(27)50(47,48)43-21-12-20-42(5)22-23-43)41-35(45)32(44-36(46)34(39)31(38)26-40-44)19-24-49-51(37(2,3)4,29-13-8-6-9-14-29)30-15-10-7-11-16-30/h6-11,13-18,25-26,32H,12,19-24H2,1-5H3,(H,41,45). The zero-order valence-corrected chi connectivity index (χ0v) is 32.9. The average molecular weight is 771 g/mol. The van der Waals surface area contributed by atoms with Crippen molar-refractivity contribution in [1.82, 2.24) is 19.0 Å². The summed E-state index contributed by atoms with van der Waals surface area (Å²) in [5.74, 6) is -0.586. The van der Waals surface area contributed by atoms with Crippen molar-refractivity contribution in [2.24, 2.45) is 0 Å². The molecular weight excluding hydrogens is 725 g/mol. The van der Waals surface area contributed by atoms with Crippen LogP contribution in [0.4, 0.5) is 5.69 Å². The number of amides is 1. The van der Waals surface area contributed by atoms with Gasteiger partial charge in [-0.05, 0) is 60.0 Å². The van der Waals surface area contributed by atoms with Crippen LogP contribution in [-0.2, 0) is 19.2 Å². The van der Waals surface area contributed by atoms with E-state index < -0.39 is 35.8 Å². The molecule has 1 aliphatic rings. The molecule has 1 aromatic heterocycles. The maximum Gasteiger partial charge on any atom is 0.287 e. The summed E-state index contributed by atoms with van der Waals surface area (Å²) in [5.41, 5.74) is 0.0958. The van der Waals surface area contributed by atoms with Crippen LogP contribution in [0.2, 0.25) is 15.1 Å². The summed E-state index contributed by atoms with van der Waals surface area (Å²) in [6, 6.07) is 23.8. The van der Waals surface area contributed by atoms with Gasteiger partial charge in [-0.2, -0.15) is 9.40 Å². The summed E-state index contributed by atoms with van der Waals surface area (Å²) in [5, 5.41) is 8.58. The lowest BCUT2D eigenvalue weighted by molar-refractivity contribution is -0.120. The number of nitrogens with one attached hydrogen (secondary N) is 1. The highest BCUT2D eigenvalue weighted by atomic mass is 35.5. The second kappa shape index (κ2) is 16.1. The molecule has 0 spiro atoms. The lowest BCUT2D eigenvalue weighted by atomic mass is 10.1. The summed E-state index contributed by atoms with van der Waals surface area (Å²) in [6.45, 7) is 10.5. The predicted molar refractivity (Wildman–Crippen MR) is 206 cm³/mol. The molecule has 0 saturated carbocycles. The smallest absolute Gasteiger partial charge is 0.287 e. The number of benzene rings is 3. The highest BCUT2D eigenvalue weighted by Crippen LogP contribution is 2.37. The zero-order valence-electron chi connectivity index (χ0n) is 29.6. The lowest BCUT2D eigenvalue weighted by Gasteiger charge is -2.43. The third kappa shape index (κ3) is 8.33. The van der Waals surface area contributed by atoms with Gasteiger partial charge >= 0.3 is 0 Å². The van der Waals surface area contributed by atoms with E-state index in [0.29, 0.717) is 31.6 Å². The van der Waals surface area contributed by atoms with Crippen molar-refractivity contribution >= 4 is 63.5 Å². The van der Waals surface area contributed by atoms with Gasteiger partial charge in [0, 0.05) is 38.3 Å². The Morgan fingerprint density at radius 1 is 0.961 bits per heavy atom.